The van der Waals surface area contributed by atoms with Gasteiger partial charge in [0.15, 0.2) is 0 Å². The van der Waals surface area contributed by atoms with Crippen LogP contribution in [-0.2, 0) is 6.42 Å². The Morgan fingerprint density at radius 3 is 2.41 bits per heavy atom. The number of nitrogens with zero attached hydrogens (tertiary/aromatic N) is 3. The van der Waals surface area contributed by atoms with Crippen LogP contribution < -0.4 is 5.73 Å². The molecule has 0 spiro atoms. The number of hydrogen-bond acceptors (Lipinski definition) is 3. The molecule has 0 aliphatic heterocycles. The van der Waals surface area contributed by atoms with Gasteiger partial charge in [0.2, 0.25) is 0 Å². The third-order valence-electron chi connectivity index (χ3n) is 2.66. The van der Waals surface area contributed by atoms with E-state index >= 15 is 0 Å². The van der Waals surface area contributed by atoms with E-state index in [2.05, 4.69) is 48.4 Å². The Hall–Kier alpha value is -1.81. The van der Waals surface area contributed by atoms with Gasteiger partial charge < -0.3 is 10.6 Å². The van der Waals surface area contributed by atoms with Crippen molar-refractivity contribution in [1.82, 2.24) is 14.7 Å². The van der Waals surface area contributed by atoms with Crippen LogP contribution in [0, 0.1) is 0 Å². The molecule has 2 rings (SSSR count). The number of benzene rings is 1. The van der Waals surface area contributed by atoms with Crippen molar-refractivity contribution in [3.63, 3.8) is 0 Å². The molecule has 0 atom stereocenters. The molecule has 0 aliphatic rings. The summed E-state index contributed by atoms with van der Waals surface area (Å²) in [6, 6.07) is 10.2. The summed E-state index contributed by atoms with van der Waals surface area (Å²) >= 11 is 0. The largest absolute Gasteiger partial charge is 0.382 e. The van der Waals surface area contributed by atoms with Crippen molar-refractivity contribution in [2.24, 2.45) is 0 Å². The molecule has 2 aromatic rings. The molecular weight excluding hydrogens is 212 g/mol. The van der Waals surface area contributed by atoms with Gasteiger partial charge in [0.05, 0.1) is 5.69 Å². The van der Waals surface area contributed by atoms with Crippen molar-refractivity contribution >= 4 is 5.82 Å². The highest BCUT2D eigenvalue weighted by Gasteiger charge is 1.99. The molecule has 0 unspecified atom stereocenters. The first-order valence-corrected chi connectivity index (χ1v) is 5.70. The summed E-state index contributed by atoms with van der Waals surface area (Å²) in [7, 11) is 4.17. The monoisotopic (exact) mass is 230 g/mol. The molecule has 0 fully saturated rings. The van der Waals surface area contributed by atoms with Crippen molar-refractivity contribution in [1.29, 1.82) is 0 Å². The van der Waals surface area contributed by atoms with Crippen molar-refractivity contribution < 1.29 is 0 Å². The van der Waals surface area contributed by atoms with Crippen LogP contribution in [0.25, 0.3) is 5.69 Å². The van der Waals surface area contributed by atoms with Gasteiger partial charge >= 0.3 is 0 Å². The van der Waals surface area contributed by atoms with Crippen molar-refractivity contribution in [2.75, 3.05) is 26.4 Å². The molecule has 90 valence electrons. The molecular formula is C13H18N4. The van der Waals surface area contributed by atoms with E-state index in [0.29, 0.717) is 5.82 Å². The fraction of sp³-hybridized carbons (Fsp3) is 0.308. The molecule has 0 saturated carbocycles. The summed E-state index contributed by atoms with van der Waals surface area (Å²) in [6.45, 7) is 1.06. The first-order chi connectivity index (χ1) is 8.15. The summed E-state index contributed by atoms with van der Waals surface area (Å²) in [5.41, 5.74) is 7.96. The van der Waals surface area contributed by atoms with Crippen molar-refractivity contribution in [3.05, 3.63) is 42.1 Å². The predicted octanol–water partition coefficient (Wildman–Crippen LogP) is 1.56. The van der Waals surface area contributed by atoms with E-state index in [9.17, 15) is 0 Å². The topological polar surface area (TPSA) is 47.1 Å². The van der Waals surface area contributed by atoms with Crippen molar-refractivity contribution in [3.8, 4) is 5.69 Å². The van der Waals surface area contributed by atoms with Gasteiger partial charge in [-0.2, -0.15) is 5.10 Å². The predicted molar refractivity (Wildman–Crippen MR) is 70.2 cm³/mol. The highest BCUT2D eigenvalue weighted by molar-refractivity contribution is 5.36. The fourth-order valence-electron chi connectivity index (χ4n) is 1.65. The van der Waals surface area contributed by atoms with E-state index in [1.807, 2.05) is 6.20 Å². The number of likely N-dealkylation sites (N-methyl/N-ethyl adjacent to an activating group) is 1. The second-order valence-corrected chi connectivity index (χ2v) is 4.40. The van der Waals surface area contributed by atoms with E-state index in [-0.39, 0.29) is 0 Å². The molecule has 0 aliphatic carbocycles. The molecule has 4 heteroatoms. The van der Waals surface area contributed by atoms with E-state index in [0.717, 1.165) is 18.7 Å². The van der Waals surface area contributed by atoms with Crippen LogP contribution in [0.1, 0.15) is 5.56 Å². The summed E-state index contributed by atoms with van der Waals surface area (Å²) in [5.74, 6) is 0.543. The normalized spacial score (nSPS) is 11.0. The first-order valence-electron chi connectivity index (χ1n) is 5.70. The van der Waals surface area contributed by atoms with Crippen LogP contribution in [0.4, 0.5) is 5.82 Å². The second kappa shape index (κ2) is 5.01. The molecule has 0 amide bonds. The number of hydrogen-bond donors (Lipinski definition) is 1. The second-order valence-electron chi connectivity index (χ2n) is 4.40. The smallest absolute Gasteiger partial charge is 0.145 e. The first kappa shape index (κ1) is 11.7. The maximum atomic E-state index is 5.59. The molecule has 17 heavy (non-hydrogen) atoms. The molecule has 1 aromatic carbocycles. The van der Waals surface area contributed by atoms with Crippen LogP contribution in [0.2, 0.25) is 0 Å². The molecule has 2 N–H and O–H groups in total. The van der Waals surface area contributed by atoms with Gasteiger partial charge in [-0.1, -0.05) is 12.1 Å². The van der Waals surface area contributed by atoms with Gasteiger partial charge in [-0.15, -0.1) is 0 Å². The Bertz CT molecular complexity index is 470. The number of rotatable bonds is 4. The zero-order valence-electron chi connectivity index (χ0n) is 10.3. The summed E-state index contributed by atoms with van der Waals surface area (Å²) in [5, 5.41) is 4.17. The van der Waals surface area contributed by atoms with E-state index in [1.54, 1.807) is 10.7 Å². The Balaban J connectivity index is 2.07. The van der Waals surface area contributed by atoms with Crippen LogP contribution in [0.3, 0.4) is 0 Å². The van der Waals surface area contributed by atoms with Crippen LogP contribution in [0.5, 0.6) is 0 Å². The van der Waals surface area contributed by atoms with Crippen LogP contribution >= 0.6 is 0 Å². The third-order valence-corrected chi connectivity index (χ3v) is 2.66. The minimum Gasteiger partial charge on any atom is -0.382 e. The Kier molecular flexibility index (Phi) is 3.44. The molecule has 1 heterocycles. The average Bonchev–Trinajstić information content (AvgIpc) is 2.74. The molecule has 4 nitrogen and oxygen atoms in total. The number of nitrogens with two attached hydrogens (primary N) is 1. The highest BCUT2D eigenvalue weighted by Crippen LogP contribution is 2.10. The number of nitrogen functional groups attached to an aromatic ring is 1. The third kappa shape index (κ3) is 3.07. The van der Waals surface area contributed by atoms with Gasteiger partial charge in [0, 0.05) is 18.8 Å². The molecule has 0 saturated heterocycles. The zero-order chi connectivity index (χ0) is 12.3. The Morgan fingerprint density at radius 1 is 1.18 bits per heavy atom. The lowest BCUT2D eigenvalue weighted by Gasteiger charge is -2.09. The number of anilines is 1. The maximum Gasteiger partial charge on any atom is 0.145 e. The lowest BCUT2D eigenvalue weighted by atomic mass is 10.1. The molecule has 1 aromatic heterocycles. The van der Waals surface area contributed by atoms with Gasteiger partial charge in [-0.3, -0.25) is 0 Å². The lowest BCUT2D eigenvalue weighted by molar-refractivity contribution is 0.413. The van der Waals surface area contributed by atoms with E-state index in [4.69, 9.17) is 5.73 Å². The zero-order valence-corrected chi connectivity index (χ0v) is 10.3. The quantitative estimate of drug-likeness (QED) is 0.867. The van der Waals surface area contributed by atoms with Gasteiger partial charge in [-0.25, -0.2) is 4.68 Å². The standard InChI is InChI=1S/C13H18N4/c1-16(2)9-7-11-3-5-12(6-4-11)17-10-8-13(14)15-17/h3-6,8,10H,7,9H2,1-2H3,(H2,14,15). The van der Waals surface area contributed by atoms with E-state index in [1.165, 1.54) is 5.56 Å². The van der Waals surface area contributed by atoms with Gasteiger partial charge in [-0.05, 0) is 38.2 Å². The van der Waals surface area contributed by atoms with Crippen LogP contribution in [-0.4, -0.2) is 35.3 Å². The van der Waals surface area contributed by atoms with Crippen molar-refractivity contribution in [2.45, 2.75) is 6.42 Å². The average molecular weight is 230 g/mol. The minimum atomic E-state index is 0.543. The SMILES string of the molecule is CN(C)CCc1ccc(-n2ccc(N)n2)cc1. The molecule has 0 radical (unpaired) electrons. The van der Waals surface area contributed by atoms with Gasteiger partial charge in [0.1, 0.15) is 5.82 Å². The minimum absolute atomic E-state index is 0.543. The van der Waals surface area contributed by atoms with Gasteiger partial charge in [0.25, 0.3) is 0 Å². The summed E-state index contributed by atoms with van der Waals surface area (Å²) in [4.78, 5) is 2.18. The highest BCUT2D eigenvalue weighted by atomic mass is 15.3. The fourth-order valence-corrected chi connectivity index (χ4v) is 1.65. The van der Waals surface area contributed by atoms with E-state index < -0.39 is 0 Å². The Labute approximate surface area is 102 Å². The maximum absolute atomic E-state index is 5.59. The summed E-state index contributed by atoms with van der Waals surface area (Å²) in [6.07, 6.45) is 2.93. The molecule has 0 bridgehead atoms. The Morgan fingerprint density at radius 2 is 1.88 bits per heavy atom. The lowest BCUT2D eigenvalue weighted by Crippen LogP contribution is -2.15. The number of aromatic nitrogens is 2. The summed E-state index contributed by atoms with van der Waals surface area (Å²) < 4.78 is 1.78. The van der Waals surface area contributed by atoms with Crippen LogP contribution in [0.15, 0.2) is 36.5 Å².